The van der Waals surface area contributed by atoms with Crippen LogP contribution >= 0.6 is 0 Å². The van der Waals surface area contributed by atoms with Crippen LogP contribution in [0.1, 0.15) is 19.5 Å². The highest BCUT2D eigenvalue weighted by Gasteiger charge is 2.05. The number of aromatic nitrogens is 2. The van der Waals surface area contributed by atoms with E-state index in [1.54, 1.807) is 0 Å². The summed E-state index contributed by atoms with van der Waals surface area (Å²) in [7, 11) is 2.00. The smallest absolute Gasteiger partial charge is 0.151 e. The fourth-order valence-corrected chi connectivity index (χ4v) is 1.89. The maximum absolute atomic E-state index is 4.48. The SMILES string of the molecule is CC(C)CNCc1cnc(N(C)c2ccccc2)cn1. The normalized spacial score (nSPS) is 10.8. The average molecular weight is 270 g/mol. The standard InChI is InChI=1S/C16H22N4/c1-13(2)9-17-10-14-11-19-16(12-18-14)20(3)15-7-5-4-6-8-15/h4-8,11-13,17H,9-10H2,1-3H3. The average Bonchev–Trinajstić information content (AvgIpc) is 2.48. The molecule has 0 aliphatic carbocycles. The summed E-state index contributed by atoms with van der Waals surface area (Å²) in [6.45, 7) is 6.14. The fraction of sp³-hybridized carbons (Fsp3) is 0.375. The van der Waals surface area contributed by atoms with Crippen LogP contribution in [0.15, 0.2) is 42.7 Å². The molecule has 0 spiro atoms. The molecule has 0 radical (unpaired) electrons. The molecule has 1 N–H and O–H groups in total. The van der Waals surface area contributed by atoms with E-state index in [1.807, 2.05) is 42.5 Å². The molecule has 4 heteroatoms. The van der Waals surface area contributed by atoms with Crippen LogP contribution in [0.25, 0.3) is 0 Å². The fourth-order valence-electron chi connectivity index (χ4n) is 1.89. The molecule has 2 rings (SSSR count). The Hall–Kier alpha value is -1.94. The Morgan fingerprint density at radius 2 is 1.85 bits per heavy atom. The summed E-state index contributed by atoms with van der Waals surface area (Å²) in [4.78, 5) is 11.0. The topological polar surface area (TPSA) is 41.1 Å². The van der Waals surface area contributed by atoms with Gasteiger partial charge in [0.05, 0.1) is 18.1 Å². The van der Waals surface area contributed by atoms with E-state index in [2.05, 4.69) is 41.3 Å². The van der Waals surface area contributed by atoms with Crippen LogP contribution in [-0.4, -0.2) is 23.6 Å². The lowest BCUT2D eigenvalue weighted by Gasteiger charge is -2.17. The minimum Gasteiger partial charge on any atom is -0.328 e. The van der Waals surface area contributed by atoms with E-state index in [9.17, 15) is 0 Å². The van der Waals surface area contributed by atoms with Gasteiger partial charge in [-0.2, -0.15) is 0 Å². The van der Waals surface area contributed by atoms with Gasteiger partial charge in [0.15, 0.2) is 5.82 Å². The predicted octanol–water partition coefficient (Wildman–Crippen LogP) is 2.99. The van der Waals surface area contributed by atoms with Crippen LogP contribution in [0, 0.1) is 5.92 Å². The molecule has 2 aromatic rings. The largest absolute Gasteiger partial charge is 0.328 e. The van der Waals surface area contributed by atoms with E-state index in [-0.39, 0.29) is 0 Å². The van der Waals surface area contributed by atoms with Crippen LogP contribution in [0.5, 0.6) is 0 Å². The summed E-state index contributed by atoms with van der Waals surface area (Å²) < 4.78 is 0. The van der Waals surface area contributed by atoms with E-state index < -0.39 is 0 Å². The number of benzene rings is 1. The first-order chi connectivity index (χ1) is 9.66. The number of nitrogens with zero attached hydrogens (tertiary/aromatic N) is 3. The number of rotatable bonds is 6. The lowest BCUT2D eigenvalue weighted by Crippen LogP contribution is -2.20. The molecule has 1 aromatic heterocycles. The molecule has 0 aliphatic rings. The van der Waals surface area contributed by atoms with Crippen molar-refractivity contribution >= 4 is 11.5 Å². The molecule has 0 amide bonds. The molecule has 106 valence electrons. The van der Waals surface area contributed by atoms with Crippen LogP contribution in [0.4, 0.5) is 11.5 Å². The molecule has 0 fully saturated rings. The molecule has 0 saturated heterocycles. The van der Waals surface area contributed by atoms with Crippen LogP contribution in [-0.2, 0) is 6.54 Å². The van der Waals surface area contributed by atoms with E-state index in [1.165, 1.54) is 0 Å². The maximum Gasteiger partial charge on any atom is 0.151 e. The number of para-hydroxylation sites is 1. The molecule has 0 aliphatic heterocycles. The Morgan fingerprint density at radius 1 is 1.10 bits per heavy atom. The van der Waals surface area contributed by atoms with Gasteiger partial charge >= 0.3 is 0 Å². The highest BCUT2D eigenvalue weighted by Crippen LogP contribution is 2.19. The zero-order chi connectivity index (χ0) is 14.4. The van der Waals surface area contributed by atoms with Crippen molar-refractivity contribution in [2.24, 2.45) is 5.92 Å². The third kappa shape index (κ3) is 4.03. The highest BCUT2D eigenvalue weighted by atomic mass is 15.2. The summed E-state index contributed by atoms with van der Waals surface area (Å²) in [5, 5.41) is 3.37. The zero-order valence-electron chi connectivity index (χ0n) is 12.4. The van der Waals surface area contributed by atoms with Gasteiger partial charge in [-0.05, 0) is 24.6 Å². The second-order valence-electron chi connectivity index (χ2n) is 5.29. The van der Waals surface area contributed by atoms with Crippen LogP contribution in [0.3, 0.4) is 0 Å². The molecule has 0 unspecified atom stereocenters. The van der Waals surface area contributed by atoms with Crippen molar-refractivity contribution < 1.29 is 0 Å². The van der Waals surface area contributed by atoms with Crippen molar-refractivity contribution in [3.05, 3.63) is 48.4 Å². The third-order valence-corrected chi connectivity index (χ3v) is 3.04. The summed E-state index contributed by atoms with van der Waals surface area (Å²) in [6.07, 6.45) is 3.65. The van der Waals surface area contributed by atoms with Crippen molar-refractivity contribution in [2.75, 3.05) is 18.5 Å². The van der Waals surface area contributed by atoms with Gasteiger partial charge < -0.3 is 10.2 Å². The number of anilines is 2. The second kappa shape index (κ2) is 7.01. The number of hydrogen-bond acceptors (Lipinski definition) is 4. The first-order valence-electron chi connectivity index (χ1n) is 6.97. The minimum atomic E-state index is 0.645. The molecular formula is C16H22N4. The van der Waals surface area contributed by atoms with Gasteiger partial charge in [-0.25, -0.2) is 4.98 Å². The summed E-state index contributed by atoms with van der Waals surface area (Å²) in [5.41, 5.74) is 2.07. The molecule has 1 heterocycles. The Labute approximate surface area is 120 Å². The molecule has 0 saturated carbocycles. The van der Waals surface area contributed by atoms with Gasteiger partial charge in [-0.3, -0.25) is 4.98 Å². The van der Waals surface area contributed by atoms with Gasteiger partial charge in [0.25, 0.3) is 0 Å². The van der Waals surface area contributed by atoms with E-state index in [0.29, 0.717) is 5.92 Å². The predicted molar refractivity (Wildman–Crippen MR) is 83.1 cm³/mol. The van der Waals surface area contributed by atoms with Gasteiger partial charge in [0.1, 0.15) is 0 Å². The van der Waals surface area contributed by atoms with Gasteiger partial charge in [-0.1, -0.05) is 32.0 Å². The summed E-state index contributed by atoms with van der Waals surface area (Å²) in [5.74, 6) is 1.50. The monoisotopic (exact) mass is 270 g/mol. The summed E-state index contributed by atoms with van der Waals surface area (Å²) in [6, 6.07) is 10.2. The van der Waals surface area contributed by atoms with Crippen molar-refractivity contribution in [1.29, 1.82) is 0 Å². The van der Waals surface area contributed by atoms with Crippen LogP contribution < -0.4 is 10.2 Å². The Bertz CT molecular complexity index is 508. The lowest BCUT2D eigenvalue weighted by molar-refractivity contribution is 0.547. The molecule has 4 nitrogen and oxygen atoms in total. The molecule has 0 bridgehead atoms. The minimum absolute atomic E-state index is 0.645. The molecular weight excluding hydrogens is 248 g/mol. The second-order valence-corrected chi connectivity index (χ2v) is 5.29. The third-order valence-electron chi connectivity index (χ3n) is 3.04. The Morgan fingerprint density at radius 3 is 2.45 bits per heavy atom. The van der Waals surface area contributed by atoms with Gasteiger partial charge in [0, 0.05) is 19.3 Å². The first kappa shape index (κ1) is 14.5. The number of hydrogen-bond donors (Lipinski definition) is 1. The molecule has 20 heavy (non-hydrogen) atoms. The molecule has 1 aromatic carbocycles. The van der Waals surface area contributed by atoms with Gasteiger partial charge in [-0.15, -0.1) is 0 Å². The van der Waals surface area contributed by atoms with Gasteiger partial charge in [0.2, 0.25) is 0 Å². The first-order valence-corrected chi connectivity index (χ1v) is 6.97. The maximum atomic E-state index is 4.48. The van der Waals surface area contributed by atoms with Crippen molar-refractivity contribution in [1.82, 2.24) is 15.3 Å². The quantitative estimate of drug-likeness (QED) is 0.876. The lowest BCUT2D eigenvalue weighted by atomic mass is 10.2. The van der Waals surface area contributed by atoms with E-state index in [4.69, 9.17) is 0 Å². The van der Waals surface area contributed by atoms with Crippen molar-refractivity contribution in [2.45, 2.75) is 20.4 Å². The summed E-state index contributed by atoms with van der Waals surface area (Å²) >= 11 is 0. The Balaban J connectivity index is 1.97. The number of nitrogens with one attached hydrogen (secondary N) is 1. The zero-order valence-corrected chi connectivity index (χ0v) is 12.4. The molecule has 0 atom stereocenters. The van der Waals surface area contributed by atoms with E-state index >= 15 is 0 Å². The van der Waals surface area contributed by atoms with Crippen molar-refractivity contribution in [3.8, 4) is 0 Å². The van der Waals surface area contributed by atoms with Crippen molar-refractivity contribution in [3.63, 3.8) is 0 Å². The Kier molecular flexibility index (Phi) is 5.07. The van der Waals surface area contributed by atoms with Crippen LogP contribution in [0.2, 0.25) is 0 Å². The highest BCUT2D eigenvalue weighted by molar-refractivity contribution is 5.57. The van der Waals surface area contributed by atoms with E-state index in [0.717, 1.165) is 30.3 Å².